The summed E-state index contributed by atoms with van der Waals surface area (Å²) in [5.41, 5.74) is 6.26. The number of sulfonamides is 1. The lowest BCUT2D eigenvalue weighted by Gasteiger charge is -2.16. The average Bonchev–Trinajstić information content (AvgIpc) is 2.28. The molecule has 0 amide bonds. The van der Waals surface area contributed by atoms with E-state index in [9.17, 15) is 18.5 Å². The molecule has 0 saturated heterocycles. The summed E-state index contributed by atoms with van der Waals surface area (Å²) in [4.78, 5) is 9.95. The van der Waals surface area contributed by atoms with Gasteiger partial charge in [-0.1, -0.05) is 12.1 Å². The predicted octanol–water partition coefficient (Wildman–Crippen LogP) is 0.486. The SMILES string of the molecule is CN(C)S(=O)(=O)CC(N)c1ccc([N+](=O)[O-])cc1. The van der Waals surface area contributed by atoms with Crippen molar-refractivity contribution in [3.8, 4) is 0 Å². The molecule has 0 bridgehead atoms. The molecule has 8 heteroatoms. The fourth-order valence-electron chi connectivity index (χ4n) is 1.32. The van der Waals surface area contributed by atoms with E-state index in [0.717, 1.165) is 4.31 Å². The maximum atomic E-state index is 11.6. The second-order valence-corrected chi connectivity index (χ2v) is 6.24. The van der Waals surface area contributed by atoms with E-state index in [0.29, 0.717) is 5.56 Å². The van der Waals surface area contributed by atoms with Gasteiger partial charge in [0.2, 0.25) is 10.0 Å². The maximum absolute atomic E-state index is 11.6. The second kappa shape index (κ2) is 5.42. The number of hydrogen-bond donors (Lipinski definition) is 1. The summed E-state index contributed by atoms with van der Waals surface area (Å²) in [6, 6.07) is 4.83. The van der Waals surface area contributed by atoms with Crippen LogP contribution in [0.5, 0.6) is 0 Å². The summed E-state index contributed by atoms with van der Waals surface area (Å²) in [5.74, 6) is -0.238. The summed E-state index contributed by atoms with van der Waals surface area (Å²) in [5, 5.41) is 10.5. The number of hydrogen-bond acceptors (Lipinski definition) is 5. The lowest BCUT2D eigenvalue weighted by atomic mass is 10.1. The Bertz CT molecular complexity index is 525. The van der Waals surface area contributed by atoms with Crippen molar-refractivity contribution in [3.63, 3.8) is 0 Å². The van der Waals surface area contributed by atoms with E-state index in [1.54, 1.807) is 0 Å². The molecule has 1 atom stereocenters. The van der Waals surface area contributed by atoms with Gasteiger partial charge in [0.15, 0.2) is 0 Å². The molecular weight excluding hydrogens is 258 g/mol. The minimum absolute atomic E-state index is 0.0542. The Balaban J connectivity index is 2.85. The molecule has 0 radical (unpaired) electrons. The van der Waals surface area contributed by atoms with E-state index < -0.39 is 21.0 Å². The van der Waals surface area contributed by atoms with E-state index in [1.807, 2.05) is 0 Å². The van der Waals surface area contributed by atoms with Gasteiger partial charge in [-0.2, -0.15) is 0 Å². The third-order valence-corrected chi connectivity index (χ3v) is 4.37. The van der Waals surface area contributed by atoms with Gasteiger partial charge in [-0.25, -0.2) is 12.7 Å². The molecule has 1 aromatic carbocycles. The highest BCUT2D eigenvalue weighted by molar-refractivity contribution is 7.89. The lowest BCUT2D eigenvalue weighted by molar-refractivity contribution is -0.384. The predicted molar refractivity (Wildman–Crippen MR) is 67.5 cm³/mol. The maximum Gasteiger partial charge on any atom is 0.269 e. The normalized spacial score (nSPS) is 13.6. The van der Waals surface area contributed by atoms with Gasteiger partial charge in [0, 0.05) is 32.3 Å². The van der Waals surface area contributed by atoms with Crippen molar-refractivity contribution in [1.82, 2.24) is 4.31 Å². The largest absolute Gasteiger partial charge is 0.323 e. The Labute approximate surface area is 105 Å². The zero-order chi connectivity index (χ0) is 13.9. The van der Waals surface area contributed by atoms with Crippen LogP contribution in [0.4, 0.5) is 5.69 Å². The Morgan fingerprint density at radius 1 is 1.33 bits per heavy atom. The first-order chi connectivity index (χ1) is 8.24. The summed E-state index contributed by atoms with van der Waals surface area (Å²) < 4.78 is 24.3. The highest BCUT2D eigenvalue weighted by Gasteiger charge is 2.20. The minimum Gasteiger partial charge on any atom is -0.323 e. The zero-order valence-electron chi connectivity index (χ0n) is 10.1. The van der Waals surface area contributed by atoms with Crippen LogP contribution in [0.1, 0.15) is 11.6 Å². The van der Waals surface area contributed by atoms with Crippen molar-refractivity contribution >= 4 is 15.7 Å². The molecule has 0 spiro atoms. The smallest absolute Gasteiger partial charge is 0.269 e. The van der Waals surface area contributed by atoms with Crippen molar-refractivity contribution in [2.45, 2.75) is 6.04 Å². The first kappa shape index (κ1) is 14.6. The molecular formula is C10H15N3O4S. The number of rotatable bonds is 5. The third-order valence-electron chi connectivity index (χ3n) is 2.48. The standard InChI is InChI=1S/C10H15N3O4S/c1-12(2)18(16,17)7-10(11)8-3-5-9(6-4-8)13(14)15/h3-6,10H,7,11H2,1-2H3. The van der Waals surface area contributed by atoms with E-state index in [2.05, 4.69) is 0 Å². The molecule has 0 saturated carbocycles. The second-order valence-electron chi connectivity index (χ2n) is 4.02. The molecule has 1 unspecified atom stereocenters. The summed E-state index contributed by atoms with van der Waals surface area (Å²) in [7, 11) is -0.541. The molecule has 0 aliphatic heterocycles. The van der Waals surface area contributed by atoms with Gasteiger partial charge in [0.25, 0.3) is 5.69 Å². The quantitative estimate of drug-likeness (QED) is 0.620. The fraction of sp³-hybridized carbons (Fsp3) is 0.400. The molecule has 1 rings (SSSR count). The molecule has 0 fully saturated rings. The number of nitro benzene ring substituents is 1. The van der Waals surface area contributed by atoms with Crippen LogP contribution in [0, 0.1) is 10.1 Å². The van der Waals surface area contributed by atoms with Gasteiger partial charge in [0.05, 0.1) is 10.7 Å². The number of benzene rings is 1. The van der Waals surface area contributed by atoms with Crippen molar-refractivity contribution < 1.29 is 13.3 Å². The Kier molecular flexibility index (Phi) is 4.38. The van der Waals surface area contributed by atoms with Crippen LogP contribution in [-0.2, 0) is 10.0 Å². The summed E-state index contributed by atoms with van der Waals surface area (Å²) >= 11 is 0. The molecule has 0 aliphatic rings. The molecule has 100 valence electrons. The van der Waals surface area contributed by atoms with E-state index in [1.165, 1.54) is 38.4 Å². The van der Waals surface area contributed by atoms with Crippen LogP contribution in [0.2, 0.25) is 0 Å². The van der Waals surface area contributed by atoms with Crippen molar-refractivity contribution in [3.05, 3.63) is 39.9 Å². The average molecular weight is 273 g/mol. The molecule has 0 aromatic heterocycles. The molecule has 18 heavy (non-hydrogen) atoms. The Morgan fingerprint density at radius 3 is 2.22 bits per heavy atom. The summed E-state index contributed by atoms with van der Waals surface area (Å²) in [6.45, 7) is 0. The van der Waals surface area contributed by atoms with Crippen LogP contribution < -0.4 is 5.73 Å². The Morgan fingerprint density at radius 2 is 1.83 bits per heavy atom. The van der Waals surface area contributed by atoms with Crippen LogP contribution in [0.15, 0.2) is 24.3 Å². The topological polar surface area (TPSA) is 107 Å². The van der Waals surface area contributed by atoms with Gasteiger partial charge in [0.1, 0.15) is 0 Å². The number of nitrogens with two attached hydrogens (primary N) is 1. The van der Waals surface area contributed by atoms with Gasteiger partial charge in [-0.05, 0) is 5.56 Å². The van der Waals surface area contributed by atoms with Crippen LogP contribution in [0.25, 0.3) is 0 Å². The number of non-ortho nitro benzene ring substituents is 1. The number of nitro groups is 1. The van der Waals surface area contributed by atoms with E-state index in [-0.39, 0.29) is 11.4 Å². The van der Waals surface area contributed by atoms with Crippen molar-refractivity contribution in [2.24, 2.45) is 5.73 Å². The van der Waals surface area contributed by atoms with Gasteiger partial charge in [-0.3, -0.25) is 10.1 Å². The molecule has 1 aromatic rings. The monoisotopic (exact) mass is 273 g/mol. The molecule has 7 nitrogen and oxygen atoms in total. The number of nitrogens with zero attached hydrogens (tertiary/aromatic N) is 2. The van der Waals surface area contributed by atoms with Gasteiger partial charge >= 0.3 is 0 Å². The Hall–Kier alpha value is -1.51. The minimum atomic E-state index is -3.40. The summed E-state index contributed by atoms with van der Waals surface area (Å²) in [6.07, 6.45) is 0. The van der Waals surface area contributed by atoms with Crippen LogP contribution in [0.3, 0.4) is 0 Å². The first-order valence-electron chi connectivity index (χ1n) is 5.14. The van der Waals surface area contributed by atoms with Gasteiger partial charge < -0.3 is 5.73 Å². The van der Waals surface area contributed by atoms with E-state index >= 15 is 0 Å². The highest BCUT2D eigenvalue weighted by Crippen LogP contribution is 2.18. The molecule has 2 N–H and O–H groups in total. The van der Waals surface area contributed by atoms with Crippen molar-refractivity contribution in [2.75, 3.05) is 19.8 Å². The lowest BCUT2D eigenvalue weighted by Crippen LogP contribution is -2.31. The highest BCUT2D eigenvalue weighted by atomic mass is 32.2. The zero-order valence-corrected chi connectivity index (χ0v) is 10.9. The van der Waals surface area contributed by atoms with E-state index in [4.69, 9.17) is 5.73 Å². The third kappa shape index (κ3) is 3.49. The van der Waals surface area contributed by atoms with Crippen LogP contribution in [-0.4, -0.2) is 37.5 Å². The van der Waals surface area contributed by atoms with Crippen LogP contribution >= 0.6 is 0 Å². The van der Waals surface area contributed by atoms with Gasteiger partial charge in [-0.15, -0.1) is 0 Å². The fourth-order valence-corrected chi connectivity index (χ4v) is 2.26. The molecule has 0 heterocycles. The van der Waals surface area contributed by atoms with Crippen molar-refractivity contribution in [1.29, 1.82) is 0 Å². The molecule has 0 aliphatic carbocycles. The first-order valence-corrected chi connectivity index (χ1v) is 6.75.